The van der Waals surface area contributed by atoms with Gasteiger partial charge in [0, 0.05) is 25.3 Å². The van der Waals surface area contributed by atoms with Crippen LogP contribution in [0.1, 0.15) is 5.56 Å². The molecule has 0 saturated carbocycles. The van der Waals surface area contributed by atoms with Gasteiger partial charge in [0.1, 0.15) is 11.5 Å². The fourth-order valence-corrected chi connectivity index (χ4v) is 3.97. The molecule has 1 fully saturated rings. The predicted molar refractivity (Wildman–Crippen MR) is 116 cm³/mol. The van der Waals surface area contributed by atoms with E-state index in [1.54, 1.807) is 25.2 Å². The van der Waals surface area contributed by atoms with E-state index in [1.165, 1.54) is 11.8 Å². The summed E-state index contributed by atoms with van der Waals surface area (Å²) in [6.45, 7) is 0. The number of thioether (sulfide) groups is 1. The number of hydrogen-bond acceptors (Lipinski definition) is 6. The first-order chi connectivity index (χ1) is 12.9. The number of benzene rings is 2. The van der Waals surface area contributed by atoms with E-state index >= 15 is 0 Å². The highest BCUT2D eigenvalue weighted by Crippen LogP contribution is 2.38. The normalized spacial score (nSPS) is 15.4. The number of carbonyl (C=O) groups excluding carboxylic acids is 1. The zero-order valence-electron chi connectivity index (χ0n) is 15.6. The molecule has 1 amide bonds. The van der Waals surface area contributed by atoms with Gasteiger partial charge in [0.25, 0.3) is 5.91 Å². The maximum Gasteiger partial charge on any atom is 0.270 e. The van der Waals surface area contributed by atoms with E-state index in [0.29, 0.717) is 20.7 Å². The van der Waals surface area contributed by atoms with Crippen molar-refractivity contribution in [3.8, 4) is 11.5 Å². The number of methoxy groups -OCH3 is 2. The molecule has 0 spiro atoms. The molecular weight excluding hydrogens is 380 g/mol. The average molecular weight is 401 g/mol. The lowest BCUT2D eigenvalue weighted by molar-refractivity contribution is -0.113. The largest absolute Gasteiger partial charge is 0.497 e. The Bertz CT molecular complexity index is 908. The third-order valence-electron chi connectivity index (χ3n) is 4.14. The predicted octanol–water partition coefficient (Wildman–Crippen LogP) is 4.18. The molecule has 0 aromatic heterocycles. The van der Waals surface area contributed by atoms with Gasteiger partial charge in [-0.15, -0.1) is 0 Å². The Balaban J connectivity index is 1.93. The number of thiocarbonyl (C=S) groups is 1. The Morgan fingerprint density at radius 2 is 1.78 bits per heavy atom. The minimum atomic E-state index is -0.146. The molecule has 0 radical (unpaired) electrons. The molecular formula is C20H20N2O3S2. The number of rotatable bonds is 5. The molecule has 5 nitrogen and oxygen atoms in total. The lowest BCUT2D eigenvalue weighted by Gasteiger charge is -2.17. The summed E-state index contributed by atoms with van der Waals surface area (Å²) in [6, 6.07) is 13.2. The monoisotopic (exact) mass is 400 g/mol. The molecule has 1 saturated heterocycles. The second-order valence-electron chi connectivity index (χ2n) is 6.04. The van der Waals surface area contributed by atoms with E-state index in [-0.39, 0.29) is 5.91 Å². The molecule has 0 unspecified atom stereocenters. The maximum absolute atomic E-state index is 13.0. The fourth-order valence-electron chi connectivity index (χ4n) is 2.68. The molecule has 1 aliphatic heterocycles. The van der Waals surface area contributed by atoms with Crippen molar-refractivity contribution in [2.45, 2.75) is 0 Å². The molecule has 140 valence electrons. The lowest BCUT2D eigenvalue weighted by atomic mass is 10.1. The van der Waals surface area contributed by atoms with Crippen LogP contribution in [0.3, 0.4) is 0 Å². The first-order valence-corrected chi connectivity index (χ1v) is 9.44. The Kier molecular flexibility index (Phi) is 5.72. The van der Waals surface area contributed by atoms with Crippen molar-refractivity contribution in [2.24, 2.45) is 0 Å². The topological polar surface area (TPSA) is 42.0 Å². The summed E-state index contributed by atoms with van der Waals surface area (Å²) in [4.78, 5) is 17.1. The van der Waals surface area contributed by atoms with Crippen molar-refractivity contribution in [3.63, 3.8) is 0 Å². The Hall–Kier alpha value is -2.51. The Morgan fingerprint density at radius 1 is 1.07 bits per heavy atom. The van der Waals surface area contributed by atoms with Crippen LogP contribution in [0.2, 0.25) is 0 Å². The molecule has 0 N–H and O–H groups in total. The molecule has 2 aromatic rings. The van der Waals surface area contributed by atoms with Crippen molar-refractivity contribution in [2.75, 3.05) is 38.1 Å². The fraction of sp³-hybridized carbons (Fsp3) is 0.200. The average Bonchev–Trinajstić information content (AvgIpc) is 2.95. The van der Waals surface area contributed by atoms with Gasteiger partial charge in [-0.3, -0.25) is 9.69 Å². The van der Waals surface area contributed by atoms with Crippen molar-refractivity contribution >= 4 is 51.7 Å². The summed E-state index contributed by atoms with van der Waals surface area (Å²) < 4.78 is 11.2. The maximum atomic E-state index is 13.0. The van der Waals surface area contributed by atoms with Crippen LogP contribution in [0.25, 0.3) is 6.08 Å². The van der Waals surface area contributed by atoms with Gasteiger partial charge in [0.15, 0.2) is 4.32 Å². The molecule has 27 heavy (non-hydrogen) atoms. The molecule has 0 bridgehead atoms. The van der Waals surface area contributed by atoms with E-state index in [4.69, 9.17) is 21.7 Å². The van der Waals surface area contributed by atoms with Crippen molar-refractivity contribution < 1.29 is 14.3 Å². The van der Waals surface area contributed by atoms with Crippen LogP contribution in [-0.2, 0) is 4.79 Å². The van der Waals surface area contributed by atoms with Crippen molar-refractivity contribution in [3.05, 3.63) is 52.9 Å². The third kappa shape index (κ3) is 3.94. The number of anilines is 2. The summed E-state index contributed by atoms with van der Waals surface area (Å²) in [6.07, 6.45) is 1.79. The van der Waals surface area contributed by atoms with Gasteiger partial charge in [-0.05, 0) is 48.5 Å². The van der Waals surface area contributed by atoms with E-state index in [9.17, 15) is 4.79 Å². The van der Waals surface area contributed by atoms with Crippen LogP contribution >= 0.6 is 24.0 Å². The zero-order valence-corrected chi connectivity index (χ0v) is 17.2. The lowest BCUT2D eigenvalue weighted by Crippen LogP contribution is -2.27. The van der Waals surface area contributed by atoms with E-state index in [2.05, 4.69) is 0 Å². The van der Waals surface area contributed by atoms with E-state index < -0.39 is 0 Å². The van der Waals surface area contributed by atoms with Crippen LogP contribution in [0.5, 0.6) is 11.5 Å². The molecule has 1 heterocycles. The summed E-state index contributed by atoms with van der Waals surface area (Å²) >= 11 is 6.72. The highest BCUT2D eigenvalue weighted by molar-refractivity contribution is 8.27. The molecule has 1 aliphatic rings. The third-order valence-corrected chi connectivity index (χ3v) is 5.44. The summed E-state index contributed by atoms with van der Waals surface area (Å²) in [5.41, 5.74) is 2.57. The standard InChI is InChI=1S/C20H20N2O3S2/c1-21(2)14-5-7-15(8-6-14)22-19(23)18(27-20(22)26)12-13-11-16(24-3)9-10-17(13)25-4/h5-12H,1-4H3. The van der Waals surface area contributed by atoms with E-state index in [0.717, 1.165) is 16.9 Å². The van der Waals surface area contributed by atoms with Crippen molar-refractivity contribution in [1.29, 1.82) is 0 Å². The van der Waals surface area contributed by atoms with Gasteiger partial charge in [0.05, 0.1) is 24.8 Å². The van der Waals surface area contributed by atoms with Crippen LogP contribution < -0.4 is 19.3 Å². The highest BCUT2D eigenvalue weighted by atomic mass is 32.2. The number of carbonyl (C=O) groups is 1. The van der Waals surface area contributed by atoms with E-state index in [1.807, 2.05) is 61.5 Å². The van der Waals surface area contributed by atoms with Gasteiger partial charge in [-0.1, -0.05) is 24.0 Å². The van der Waals surface area contributed by atoms with Gasteiger partial charge >= 0.3 is 0 Å². The Labute approximate surface area is 168 Å². The smallest absolute Gasteiger partial charge is 0.270 e. The van der Waals surface area contributed by atoms with Crippen LogP contribution in [-0.4, -0.2) is 38.5 Å². The summed E-state index contributed by atoms with van der Waals surface area (Å²) in [5, 5.41) is 0. The van der Waals surface area contributed by atoms with Gasteiger partial charge in [-0.2, -0.15) is 0 Å². The second kappa shape index (κ2) is 8.02. The first kappa shape index (κ1) is 19.3. The van der Waals surface area contributed by atoms with Gasteiger partial charge < -0.3 is 14.4 Å². The number of ether oxygens (including phenoxy) is 2. The minimum Gasteiger partial charge on any atom is -0.497 e. The molecule has 2 aromatic carbocycles. The number of amides is 1. The number of hydrogen-bond donors (Lipinski definition) is 0. The molecule has 3 rings (SSSR count). The van der Waals surface area contributed by atoms with Gasteiger partial charge in [-0.25, -0.2) is 0 Å². The van der Waals surface area contributed by atoms with Crippen molar-refractivity contribution in [1.82, 2.24) is 0 Å². The molecule has 0 atom stereocenters. The highest BCUT2D eigenvalue weighted by Gasteiger charge is 2.33. The Morgan fingerprint density at radius 3 is 2.37 bits per heavy atom. The summed E-state index contributed by atoms with van der Waals surface area (Å²) in [7, 11) is 7.14. The SMILES string of the molecule is COc1ccc(OC)c(C=C2SC(=S)N(c3ccc(N(C)C)cc3)C2=O)c1. The minimum absolute atomic E-state index is 0.146. The second-order valence-corrected chi connectivity index (χ2v) is 7.71. The van der Waals surface area contributed by atoms with Crippen LogP contribution in [0, 0.1) is 0 Å². The molecule has 7 heteroatoms. The van der Waals surface area contributed by atoms with Gasteiger partial charge in [0.2, 0.25) is 0 Å². The zero-order chi connectivity index (χ0) is 19.6. The first-order valence-electron chi connectivity index (χ1n) is 8.22. The number of nitrogens with zero attached hydrogens (tertiary/aromatic N) is 2. The molecule has 0 aliphatic carbocycles. The van der Waals surface area contributed by atoms with Crippen LogP contribution in [0.4, 0.5) is 11.4 Å². The van der Waals surface area contributed by atoms with Crippen LogP contribution in [0.15, 0.2) is 47.4 Å². The quantitative estimate of drug-likeness (QED) is 0.554. The summed E-state index contributed by atoms with van der Waals surface area (Å²) in [5.74, 6) is 1.21.